The Morgan fingerprint density at radius 3 is 2.77 bits per heavy atom. The molecule has 2 aliphatic heterocycles. The number of carboxylic acid groups (broad SMARTS) is 2. The van der Waals surface area contributed by atoms with Crippen molar-refractivity contribution >= 4 is 29.4 Å². The Morgan fingerprint density at radius 1 is 1.27 bits per heavy atom. The monoisotopic (exact) mass is 321 g/mol. The van der Waals surface area contributed by atoms with Crippen LogP contribution < -0.4 is 0 Å². The van der Waals surface area contributed by atoms with Gasteiger partial charge < -0.3 is 10.2 Å². The van der Waals surface area contributed by atoms with E-state index in [0.29, 0.717) is 5.69 Å². The molecule has 3 rings (SSSR count). The molecule has 0 aromatic carbocycles. The van der Waals surface area contributed by atoms with Crippen LogP contribution in [0, 0.1) is 0 Å². The van der Waals surface area contributed by atoms with Crippen molar-refractivity contribution in [1.82, 2.24) is 9.78 Å². The van der Waals surface area contributed by atoms with Crippen LogP contribution in [0.2, 0.25) is 0 Å². The molecular weight excluding hydrogens is 306 g/mol. The quantitative estimate of drug-likeness (QED) is 0.874. The molecule has 1 aromatic heterocycles. The fourth-order valence-electron chi connectivity index (χ4n) is 2.60. The first kappa shape index (κ1) is 14.8. The highest BCUT2D eigenvalue weighted by molar-refractivity contribution is 8.00. The van der Waals surface area contributed by atoms with E-state index >= 15 is 0 Å². The molecule has 0 saturated heterocycles. The smallest absolute Gasteiger partial charge is 0.351 e. The van der Waals surface area contributed by atoms with Gasteiger partial charge >= 0.3 is 11.9 Å². The Kier molecular flexibility index (Phi) is 4.02. The number of thioether (sulfide) groups is 1. The van der Waals surface area contributed by atoms with Gasteiger partial charge in [0, 0.05) is 24.2 Å². The van der Waals surface area contributed by atoms with E-state index in [2.05, 4.69) is 10.1 Å². The zero-order valence-corrected chi connectivity index (χ0v) is 12.5. The minimum Gasteiger partial charge on any atom is -0.478 e. The summed E-state index contributed by atoms with van der Waals surface area (Å²) in [5, 5.41) is 22.4. The summed E-state index contributed by atoms with van der Waals surface area (Å²) in [6.45, 7) is 0.843. The normalized spacial score (nSPS) is 21.4. The summed E-state index contributed by atoms with van der Waals surface area (Å²) in [5.74, 6) is -2.08. The molecule has 7 nitrogen and oxygen atoms in total. The average Bonchev–Trinajstić information content (AvgIpc) is 2.77. The number of carboxylic acids is 2. The van der Waals surface area contributed by atoms with Crippen LogP contribution in [0.1, 0.15) is 29.5 Å². The zero-order valence-electron chi connectivity index (χ0n) is 11.7. The average molecular weight is 321 g/mol. The third kappa shape index (κ3) is 2.78. The van der Waals surface area contributed by atoms with Crippen LogP contribution in [-0.2, 0) is 22.6 Å². The van der Waals surface area contributed by atoms with E-state index in [9.17, 15) is 14.7 Å². The number of rotatable bonds is 3. The minimum atomic E-state index is -1.13. The molecule has 8 heteroatoms. The van der Waals surface area contributed by atoms with Gasteiger partial charge in [0.15, 0.2) is 0 Å². The number of hydrogen-bond donors (Lipinski definition) is 2. The van der Waals surface area contributed by atoms with Gasteiger partial charge in [0.05, 0.1) is 16.5 Å². The van der Waals surface area contributed by atoms with E-state index in [0.717, 1.165) is 37.7 Å². The summed E-state index contributed by atoms with van der Waals surface area (Å²) in [5.41, 5.74) is 1.79. The molecule has 1 aromatic rings. The van der Waals surface area contributed by atoms with Gasteiger partial charge in [-0.15, -0.1) is 11.8 Å². The second-order valence-electron chi connectivity index (χ2n) is 5.20. The Bertz CT molecular complexity index is 669. The Morgan fingerprint density at radius 2 is 2.09 bits per heavy atom. The molecular formula is C14H15N3O4S. The Hall–Kier alpha value is -2.09. The van der Waals surface area contributed by atoms with Gasteiger partial charge in [-0.1, -0.05) is 0 Å². The molecule has 0 radical (unpaired) electrons. The summed E-state index contributed by atoms with van der Waals surface area (Å²) >= 11 is 1.24. The number of hydrogen-bond acceptors (Lipinski definition) is 5. The van der Waals surface area contributed by atoms with Crippen LogP contribution in [0.5, 0.6) is 0 Å². The molecule has 3 heterocycles. The first-order valence-corrected chi connectivity index (χ1v) is 8.02. The van der Waals surface area contributed by atoms with Crippen molar-refractivity contribution in [2.45, 2.75) is 31.1 Å². The van der Waals surface area contributed by atoms with Gasteiger partial charge in [-0.25, -0.2) is 9.59 Å². The van der Waals surface area contributed by atoms with E-state index in [1.165, 1.54) is 11.8 Å². The fraction of sp³-hybridized carbons (Fsp3) is 0.429. The van der Waals surface area contributed by atoms with Crippen molar-refractivity contribution < 1.29 is 19.8 Å². The zero-order chi connectivity index (χ0) is 15.7. The standard InChI is InChI=1S/C14H15N3O4S/c18-13(19)9-6-15-11(14(20)21)7-22-12(9)10-5-8-3-1-2-4-17(8)16-10/h5-6,12H,1-4,7H2,(H,18,19)(H,20,21). The van der Waals surface area contributed by atoms with Crippen molar-refractivity contribution in [1.29, 1.82) is 0 Å². The van der Waals surface area contributed by atoms with E-state index in [4.69, 9.17) is 5.11 Å². The lowest BCUT2D eigenvalue weighted by Crippen LogP contribution is -2.15. The number of aliphatic carboxylic acids is 2. The van der Waals surface area contributed by atoms with Gasteiger partial charge in [-0.2, -0.15) is 5.10 Å². The summed E-state index contributed by atoms with van der Waals surface area (Å²) < 4.78 is 1.92. The first-order chi connectivity index (χ1) is 10.6. The van der Waals surface area contributed by atoms with Crippen LogP contribution in [-0.4, -0.2) is 43.4 Å². The van der Waals surface area contributed by atoms with Gasteiger partial charge in [0.25, 0.3) is 0 Å². The summed E-state index contributed by atoms with van der Waals surface area (Å²) in [6.07, 6.45) is 4.26. The molecule has 2 aliphatic rings. The summed E-state index contributed by atoms with van der Waals surface area (Å²) in [6, 6.07) is 1.93. The van der Waals surface area contributed by atoms with Gasteiger partial charge in [-0.3, -0.25) is 9.67 Å². The molecule has 0 fully saturated rings. The molecule has 1 atom stereocenters. The van der Waals surface area contributed by atoms with Crippen LogP contribution in [0.3, 0.4) is 0 Å². The molecule has 22 heavy (non-hydrogen) atoms. The molecule has 0 spiro atoms. The number of carbonyl (C=O) groups is 2. The van der Waals surface area contributed by atoms with E-state index in [1.807, 2.05) is 10.7 Å². The highest BCUT2D eigenvalue weighted by atomic mass is 32.2. The predicted octanol–water partition coefficient (Wildman–Crippen LogP) is 1.50. The minimum absolute atomic E-state index is 0.0461. The highest BCUT2D eigenvalue weighted by Crippen LogP contribution is 2.37. The molecule has 0 bridgehead atoms. The SMILES string of the molecule is O=C(O)C1=CN=C(C(=O)O)CSC1c1cc2n(n1)CCCC2. The Balaban J connectivity index is 1.94. The molecule has 2 N–H and O–H groups in total. The van der Waals surface area contributed by atoms with Crippen molar-refractivity contribution in [3.05, 3.63) is 29.2 Å². The van der Waals surface area contributed by atoms with Crippen molar-refractivity contribution in [2.75, 3.05) is 5.75 Å². The second-order valence-corrected chi connectivity index (χ2v) is 6.30. The van der Waals surface area contributed by atoms with Crippen LogP contribution in [0.4, 0.5) is 0 Å². The first-order valence-electron chi connectivity index (χ1n) is 6.98. The number of fused-ring (bicyclic) bond motifs is 1. The van der Waals surface area contributed by atoms with E-state index < -0.39 is 17.2 Å². The number of aryl methyl sites for hydroxylation is 2. The second kappa shape index (κ2) is 5.96. The van der Waals surface area contributed by atoms with E-state index in [-0.39, 0.29) is 17.0 Å². The van der Waals surface area contributed by atoms with Crippen LogP contribution >= 0.6 is 11.8 Å². The highest BCUT2D eigenvalue weighted by Gasteiger charge is 2.30. The molecule has 116 valence electrons. The largest absolute Gasteiger partial charge is 0.478 e. The fourth-order valence-corrected chi connectivity index (χ4v) is 3.75. The van der Waals surface area contributed by atoms with Crippen LogP contribution in [0.25, 0.3) is 0 Å². The topological polar surface area (TPSA) is 105 Å². The molecule has 0 amide bonds. The van der Waals surface area contributed by atoms with Crippen molar-refractivity contribution in [3.8, 4) is 0 Å². The lowest BCUT2D eigenvalue weighted by molar-refractivity contribution is -0.133. The maximum atomic E-state index is 11.5. The molecule has 0 saturated carbocycles. The van der Waals surface area contributed by atoms with Gasteiger partial charge in [0.1, 0.15) is 5.71 Å². The Labute approximate surface area is 130 Å². The lowest BCUT2D eigenvalue weighted by atomic mass is 10.1. The molecule has 1 unspecified atom stereocenters. The summed E-state index contributed by atoms with van der Waals surface area (Å²) in [4.78, 5) is 26.3. The molecule has 0 aliphatic carbocycles. The summed E-state index contributed by atoms with van der Waals surface area (Å²) in [7, 11) is 0. The maximum absolute atomic E-state index is 11.5. The van der Waals surface area contributed by atoms with Crippen molar-refractivity contribution in [2.24, 2.45) is 4.99 Å². The van der Waals surface area contributed by atoms with Crippen molar-refractivity contribution in [3.63, 3.8) is 0 Å². The third-order valence-electron chi connectivity index (χ3n) is 3.73. The number of aromatic nitrogens is 2. The third-order valence-corrected chi connectivity index (χ3v) is 5.00. The number of nitrogens with zero attached hydrogens (tertiary/aromatic N) is 3. The van der Waals surface area contributed by atoms with E-state index in [1.54, 1.807) is 0 Å². The van der Waals surface area contributed by atoms with Gasteiger partial charge in [0.2, 0.25) is 0 Å². The number of aliphatic imine (C=N–C) groups is 1. The van der Waals surface area contributed by atoms with Gasteiger partial charge in [-0.05, 0) is 25.3 Å². The maximum Gasteiger partial charge on any atom is 0.351 e. The predicted molar refractivity (Wildman–Crippen MR) is 81.2 cm³/mol. The van der Waals surface area contributed by atoms with Crippen LogP contribution in [0.15, 0.2) is 22.8 Å². The lowest BCUT2D eigenvalue weighted by Gasteiger charge is -2.13.